The summed E-state index contributed by atoms with van der Waals surface area (Å²) in [7, 11) is 2.27. The third-order valence-corrected chi connectivity index (χ3v) is 4.16. The minimum absolute atomic E-state index is 0.140. The molecule has 0 saturated heterocycles. The van der Waals surface area contributed by atoms with Crippen LogP contribution in [-0.2, 0) is 9.47 Å². The Morgan fingerprint density at radius 1 is 0.964 bits per heavy atom. The second-order valence-corrected chi connectivity index (χ2v) is 5.88. The van der Waals surface area contributed by atoms with E-state index in [4.69, 9.17) is 9.47 Å². The van der Waals surface area contributed by atoms with Gasteiger partial charge < -0.3 is 9.47 Å². The maximum Gasteiger partial charge on any atom is 0.357 e. The summed E-state index contributed by atoms with van der Waals surface area (Å²) in [5, 5.41) is 4.27. The Hall–Kier alpha value is -3.55. The van der Waals surface area contributed by atoms with E-state index in [-0.39, 0.29) is 28.1 Å². The van der Waals surface area contributed by atoms with Crippen LogP contribution in [0.1, 0.15) is 26.4 Å². The molecule has 0 unspecified atom stereocenters. The van der Waals surface area contributed by atoms with E-state index < -0.39 is 23.6 Å². The number of para-hydroxylation sites is 1. The van der Waals surface area contributed by atoms with Gasteiger partial charge in [0.2, 0.25) is 0 Å². The lowest BCUT2D eigenvalue weighted by atomic mass is 10.0. The molecule has 2 aromatic carbocycles. The predicted molar refractivity (Wildman–Crippen MR) is 96.3 cm³/mol. The Kier molecular flexibility index (Phi) is 5.21. The molecule has 0 radical (unpaired) electrons. The summed E-state index contributed by atoms with van der Waals surface area (Å²) in [6.45, 7) is 1.45. The van der Waals surface area contributed by atoms with Gasteiger partial charge in [0, 0.05) is 11.6 Å². The molecular weight excluding hydrogens is 370 g/mol. The number of hydrogen-bond acceptors (Lipinski definition) is 5. The first-order chi connectivity index (χ1) is 13.4. The highest BCUT2D eigenvalue weighted by molar-refractivity contribution is 6.06. The van der Waals surface area contributed by atoms with Crippen molar-refractivity contribution in [2.75, 3.05) is 14.2 Å². The van der Waals surface area contributed by atoms with Gasteiger partial charge in [-0.3, -0.25) is 0 Å². The van der Waals surface area contributed by atoms with E-state index in [0.717, 1.165) is 14.2 Å². The van der Waals surface area contributed by atoms with Gasteiger partial charge in [0.1, 0.15) is 22.9 Å². The average molecular weight is 386 g/mol. The number of rotatable bonds is 4. The molecule has 8 heteroatoms. The Bertz CT molecular complexity index is 1060. The summed E-state index contributed by atoms with van der Waals surface area (Å²) in [5.74, 6) is -3.43. The number of benzene rings is 2. The molecule has 1 heterocycles. The van der Waals surface area contributed by atoms with Gasteiger partial charge in [-0.15, -0.1) is 0 Å². The Labute approximate surface area is 159 Å². The molecule has 0 amide bonds. The molecular formula is C20H16F2N2O4. The van der Waals surface area contributed by atoms with E-state index in [1.165, 1.54) is 17.7 Å². The summed E-state index contributed by atoms with van der Waals surface area (Å²) < 4.78 is 39.0. The first-order valence-corrected chi connectivity index (χ1v) is 8.20. The normalized spacial score (nSPS) is 10.6. The summed E-state index contributed by atoms with van der Waals surface area (Å²) in [6, 6.07) is 10.4. The lowest BCUT2D eigenvalue weighted by Crippen LogP contribution is -2.15. The van der Waals surface area contributed by atoms with Crippen molar-refractivity contribution in [2.24, 2.45) is 0 Å². The number of aromatic nitrogens is 2. The molecule has 0 N–H and O–H groups in total. The van der Waals surface area contributed by atoms with Gasteiger partial charge in [-0.05, 0) is 30.7 Å². The number of ether oxygens (including phenoxy) is 2. The van der Waals surface area contributed by atoms with Gasteiger partial charge >= 0.3 is 11.9 Å². The van der Waals surface area contributed by atoms with Crippen LogP contribution in [-0.4, -0.2) is 35.9 Å². The van der Waals surface area contributed by atoms with Gasteiger partial charge in [0.15, 0.2) is 5.69 Å². The molecule has 0 atom stereocenters. The van der Waals surface area contributed by atoms with Crippen molar-refractivity contribution >= 4 is 11.9 Å². The summed E-state index contributed by atoms with van der Waals surface area (Å²) in [4.78, 5) is 24.9. The molecule has 0 bridgehead atoms. The predicted octanol–water partition coefficient (Wildman–Crippen LogP) is 3.70. The SMILES string of the molecule is COC(=O)c1c(-c2cc(C)c(F)cc2F)nn(-c2ccccc2)c1C(=O)OC. The fourth-order valence-corrected chi connectivity index (χ4v) is 2.78. The number of halogens is 2. The number of aryl methyl sites for hydroxylation is 1. The standard InChI is InChI=1S/C20H16F2N2O4/c1-11-9-13(15(22)10-14(11)21)17-16(19(25)27-2)18(20(26)28-3)24(23-17)12-7-5-4-6-8-12/h4-10H,1-3H3. The number of hydrogen-bond donors (Lipinski definition) is 0. The molecule has 1 aromatic heterocycles. The second kappa shape index (κ2) is 7.59. The molecule has 0 fully saturated rings. The third kappa shape index (κ3) is 3.24. The molecule has 0 aliphatic carbocycles. The van der Waals surface area contributed by atoms with Crippen LogP contribution < -0.4 is 0 Å². The lowest BCUT2D eigenvalue weighted by Gasteiger charge is -2.07. The van der Waals surface area contributed by atoms with Crippen molar-refractivity contribution in [3.63, 3.8) is 0 Å². The van der Waals surface area contributed by atoms with E-state index in [1.54, 1.807) is 30.3 Å². The van der Waals surface area contributed by atoms with Gasteiger partial charge in [0.05, 0.1) is 19.9 Å². The van der Waals surface area contributed by atoms with E-state index in [1.807, 2.05) is 0 Å². The zero-order chi connectivity index (χ0) is 20.4. The summed E-state index contributed by atoms with van der Waals surface area (Å²) in [5.41, 5.74) is -0.199. The number of esters is 2. The molecule has 28 heavy (non-hydrogen) atoms. The van der Waals surface area contributed by atoms with Crippen molar-refractivity contribution in [2.45, 2.75) is 6.92 Å². The molecule has 3 rings (SSSR count). The monoisotopic (exact) mass is 386 g/mol. The summed E-state index contributed by atoms with van der Waals surface area (Å²) in [6.07, 6.45) is 0. The van der Waals surface area contributed by atoms with Crippen LogP contribution in [0.3, 0.4) is 0 Å². The highest BCUT2D eigenvalue weighted by Gasteiger charge is 2.32. The van der Waals surface area contributed by atoms with Crippen molar-refractivity contribution in [3.05, 3.63) is 70.9 Å². The molecule has 0 aliphatic heterocycles. The second-order valence-electron chi connectivity index (χ2n) is 5.88. The average Bonchev–Trinajstić information content (AvgIpc) is 3.10. The van der Waals surface area contributed by atoms with E-state index in [2.05, 4.69) is 5.10 Å². The minimum Gasteiger partial charge on any atom is -0.465 e. The van der Waals surface area contributed by atoms with Crippen LogP contribution in [0.15, 0.2) is 42.5 Å². The fraction of sp³-hybridized carbons (Fsp3) is 0.150. The van der Waals surface area contributed by atoms with Crippen LogP contribution in [0.4, 0.5) is 8.78 Å². The van der Waals surface area contributed by atoms with E-state index in [0.29, 0.717) is 11.8 Å². The number of carbonyl (C=O) groups is 2. The van der Waals surface area contributed by atoms with Crippen LogP contribution in [0.25, 0.3) is 16.9 Å². The Morgan fingerprint density at radius 3 is 2.21 bits per heavy atom. The first kappa shape index (κ1) is 19.2. The third-order valence-electron chi connectivity index (χ3n) is 4.16. The number of methoxy groups -OCH3 is 2. The van der Waals surface area contributed by atoms with Crippen LogP contribution in [0, 0.1) is 18.6 Å². The Morgan fingerprint density at radius 2 is 1.61 bits per heavy atom. The highest BCUT2D eigenvalue weighted by atomic mass is 19.1. The van der Waals surface area contributed by atoms with Crippen molar-refractivity contribution in [3.8, 4) is 16.9 Å². The van der Waals surface area contributed by atoms with Crippen LogP contribution >= 0.6 is 0 Å². The smallest absolute Gasteiger partial charge is 0.357 e. The Balaban J connectivity index is 2.40. The molecule has 144 valence electrons. The quantitative estimate of drug-likeness (QED) is 0.640. The fourth-order valence-electron chi connectivity index (χ4n) is 2.78. The first-order valence-electron chi connectivity index (χ1n) is 8.20. The van der Waals surface area contributed by atoms with Gasteiger partial charge in [0.25, 0.3) is 0 Å². The summed E-state index contributed by atoms with van der Waals surface area (Å²) >= 11 is 0. The van der Waals surface area contributed by atoms with Crippen LogP contribution in [0.5, 0.6) is 0 Å². The lowest BCUT2D eigenvalue weighted by molar-refractivity contribution is 0.0549. The van der Waals surface area contributed by atoms with Gasteiger partial charge in [-0.25, -0.2) is 23.1 Å². The maximum atomic E-state index is 14.5. The zero-order valence-electron chi connectivity index (χ0n) is 15.3. The number of carbonyl (C=O) groups excluding carboxylic acids is 2. The molecule has 0 saturated carbocycles. The zero-order valence-corrected chi connectivity index (χ0v) is 15.3. The molecule has 0 spiro atoms. The molecule has 3 aromatic rings. The van der Waals surface area contributed by atoms with Crippen molar-refractivity contribution in [1.29, 1.82) is 0 Å². The van der Waals surface area contributed by atoms with Crippen LogP contribution in [0.2, 0.25) is 0 Å². The maximum absolute atomic E-state index is 14.5. The topological polar surface area (TPSA) is 70.4 Å². The minimum atomic E-state index is -0.928. The molecule has 0 aliphatic rings. The molecule has 6 nitrogen and oxygen atoms in total. The van der Waals surface area contributed by atoms with Gasteiger partial charge in [-0.2, -0.15) is 5.10 Å². The van der Waals surface area contributed by atoms with Crippen molar-refractivity contribution in [1.82, 2.24) is 9.78 Å². The van der Waals surface area contributed by atoms with E-state index >= 15 is 0 Å². The van der Waals surface area contributed by atoms with Crippen molar-refractivity contribution < 1.29 is 27.8 Å². The highest BCUT2D eigenvalue weighted by Crippen LogP contribution is 2.32. The van der Waals surface area contributed by atoms with Gasteiger partial charge in [-0.1, -0.05) is 18.2 Å². The van der Waals surface area contributed by atoms with E-state index in [9.17, 15) is 18.4 Å². The number of nitrogens with zero attached hydrogens (tertiary/aromatic N) is 2. The largest absolute Gasteiger partial charge is 0.465 e.